The highest BCUT2D eigenvalue weighted by Gasteiger charge is 2.58. The van der Waals surface area contributed by atoms with E-state index in [2.05, 4.69) is 0 Å². The summed E-state index contributed by atoms with van der Waals surface area (Å²) in [6, 6.07) is 9.36. The van der Waals surface area contributed by atoms with E-state index in [9.17, 15) is 30.6 Å². The largest absolute Gasteiger partial charge is 0.508 e. The van der Waals surface area contributed by atoms with E-state index in [1.54, 1.807) is 24.3 Å². The lowest BCUT2D eigenvalue weighted by Gasteiger charge is -2.51. The maximum absolute atomic E-state index is 11.2. The summed E-state index contributed by atoms with van der Waals surface area (Å²) in [5.74, 6) is 0.595. The first-order valence-electron chi connectivity index (χ1n) is 10.5. The number of benzene rings is 2. The second-order valence-corrected chi connectivity index (χ2v) is 8.25. The summed E-state index contributed by atoms with van der Waals surface area (Å²) in [7, 11) is 2.87. The summed E-state index contributed by atoms with van der Waals surface area (Å²) in [5, 5.41) is 62.7. The minimum absolute atomic E-state index is 0.0883. The van der Waals surface area contributed by atoms with Gasteiger partial charge < -0.3 is 49.6 Å². The molecule has 10 nitrogen and oxygen atoms in total. The van der Waals surface area contributed by atoms with Gasteiger partial charge in [-0.1, -0.05) is 12.1 Å². The Balaban J connectivity index is 1.91. The van der Waals surface area contributed by atoms with E-state index < -0.39 is 48.8 Å². The monoisotopic (exact) mass is 464 g/mol. The molecule has 2 heterocycles. The molecule has 6 N–H and O–H groups in total. The number of phenolic OH excluding ortho intramolecular Hbond substituents is 1. The zero-order valence-corrected chi connectivity index (χ0v) is 18.2. The molecule has 1 saturated heterocycles. The van der Waals surface area contributed by atoms with Gasteiger partial charge in [0.15, 0.2) is 5.60 Å². The van der Waals surface area contributed by atoms with E-state index in [0.29, 0.717) is 16.9 Å². The number of aliphatic hydroxyl groups is 5. The number of methoxy groups -OCH3 is 2. The first-order valence-corrected chi connectivity index (χ1v) is 10.5. The van der Waals surface area contributed by atoms with Gasteiger partial charge in [0.2, 0.25) is 0 Å². The maximum atomic E-state index is 11.2. The van der Waals surface area contributed by atoms with E-state index >= 15 is 0 Å². The molecular weight excluding hydrogens is 436 g/mol. The molecule has 0 radical (unpaired) electrons. The lowest BCUT2D eigenvalue weighted by atomic mass is 9.74. The Bertz CT molecular complexity index is 995. The minimum atomic E-state index is -1.65. The number of ether oxygens (including phenoxy) is 4. The van der Waals surface area contributed by atoms with E-state index in [1.807, 2.05) is 0 Å². The molecule has 1 fully saturated rings. The zero-order chi connectivity index (χ0) is 23.9. The first-order chi connectivity index (χ1) is 15.7. The molecule has 2 aliphatic rings. The average Bonchev–Trinajstić information content (AvgIpc) is 2.81. The fraction of sp³-hybridized carbons (Fsp3) is 0.478. The van der Waals surface area contributed by atoms with Crippen molar-refractivity contribution in [2.24, 2.45) is 0 Å². The molecule has 4 rings (SSSR count). The molecule has 2 unspecified atom stereocenters. The van der Waals surface area contributed by atoms with Crippen LogP contribution in [-0.2, 0) is 10.3 Å². The molecule has 0 saturated carbocycles. The average molecular weight is 464 g/mol. The molecule has 0 spiro atoms. The van der Waals surface area contributed by atoms with Crippen molar-refractivity contribution in [1.82, 2.24) is 0 Å². The molecule has 33 heavy (non-hydrogen) atoms. The van der Waals surface area contributed by atoms with Crippen LogP contribution in [0, 0.1) is 0 Å². The molecule has 0 bridgehead atoms. The van der Waals surface area contributed by atoms with Crippen molar-refractivity contribution in [1.29, 1.82) is 0 Å². The van der Waals surface area contributed by atoms with Gasteiger partial charge in [0.1, 0.15) is 53.5 Å². The number of rotatable bonds is 5. The molecule has 0 aliphatic carbocycles. The molecule has 7 atom stereocenters. The van der Waals surface area contributed by atoms with Gasteiger partial charge in [0.05, 0.1) is 32.5 Å². The smallest absolute Gasteiger partial charge is 0.166 e. The van der Waals surface area contributed by atoms with Gasteiger partial charge in [-0.2, -0.15) is 0 Å². The van der Waals surface area contributed by atoms with Crippen molar-refractivity contribution in [3.63, 3.8) is 0 Å². The standard InChI is InChI=1S/C23H28O10/c1-30-13-5-3-4-11(6-13)23(22-21(29)20(28)19(27)17(10-24)32-22)9-14(26)18-15(31-2)7-12(25)8-16(18)33-23/h3-8,14,17,19-22,24-29H,9-10H2,1-2H3/t14?,17-,19-,20+,21-,22-,23?/m1/s1. The van der Waals surface area contributed by atoms with E-state index in [0.717, 1.165) is 0 Å². The van der Waals surface area contributed by atoms with Crippen molar-refractivity contribution < 1.29 is 49.6 Å². The molecular formula is C23H28O10. The molecule has 10 heteroatoms. The van der Waals surface area contributed by atoms with Crippen LogP contribution in [0.25, 0.3) is 0 Å². The normalized spacial score (nSPS) is 33.7. The van der Waals surface area contributed by atoms with Gasteiger partial charge in [-0.25, -0.2) is 0 Å². The van der Waals surface area contributed by atoms with Crippen LogP contribution in [0.3, 0.4) is 0 Å². The zero-order valence-electron chi connectivity index (χ0n) is 18.2. The lowest BCUT2D eigenvalue weighted by Crippen LogP contribution is -2.66. The van der Waals surface area contributed by atoms with E-state index in [-0.39, 0.29) is 23.7 Å². The Labute approximate surface area is 190 Å². The molecule has 180 valence electrons. The van der Waals surface area contributed by atoms with Crippen molar-refractivity contribution in [2.75, 3.05) is 20.8 Å². The number of fused-ring (bicyclic) bond motifs is 1. The lowest BCUT2D eigenvalue weighted by molar-refractivity contribution is -0.274. The highest BCUT2D eigenvalue weighted by molar-refractivity contribution is 5.54. The summed E-state index contributed by atoms with van der Waals surface area (Å²) in [5.41, 5.74) is -0.857. The highest BCUT2D eigenvalue weighted by atomic mass is 16.6. The molecule has 2 aromatic carbocycles. The summed E-state index contributed by atoms with van der Waals surface area (Å²) in [4.78, 5) is 0. The van der Waals surface area contributed by atoms with Crippen LogP contribution < -0.4 is 14.2 Å². The van der Waals surface area contributed by atoms with Crippen LogP contribution in [0.1, 0.15) is 23.7 Å². The fourth-order valence-corrected chi connectivity index (χ4v) is 4.68. The van der Waals surface area contributed by atoms with Crippen LogP contribution >= 0.6 is 0 Å². The van der Waals surface area contributed by atoms with Crippen LogP contribution in [0.4, 0.5) is 0 Å². The summed E-state index contributed by atoms with van der Waals surface area (Å²) < 4.78 is 22.9. The first kappa shape index (κ1) is 23.6. The van der Waals surface area contributed by atoms with Gasteiger partial charge in [-0.15, -0.1) is 0 Å². The Kier molecular flexibility index (Phi) is 6.41. The van der Waals surface area contributed by atoms with Gasteiger partial charge in [0, 0.05) is 24.1 Å². The van der Waals surface area contributed by atoms with Crippen LogP contribution in [0.2, 0.25) is 0 Å². The number of hydrogen-bond donors (Lipinski definition) is 6. The second kappa shape index (κ2) is 8.98. The van der Waals surface area contributed by atoms with Crippen molar-refractivity contribution in [2.45, 2.75) is 48.6 Å². The van der Waals surface area contributed by atoms with Crippen LogP contribution in [-0.4, -0.2) is 82.0 Å². The third-order valence-corrected chi connectivity index (χ3v) is 6.34. The van der Waals surface area contributed by atoms with Crippen molar-refractivity contribution in [3.8, 4) is 23.0 Å². The van der Waals surface area contributed by atoms with E-state index in [4.69, 9.17) is 18.9 Å². The quantitative estimate of drug-likeness (QED) is 0.355. The highest BCUT2D eigenvalue weighted by Crippen LogP contribution is 2.53. The third-order valence-electron chi connectivity index (χ3n) is 6.34. The molecule has 2 aromatic rings. The minimum Gasteiger partial charge on any atom is -0.508 e. The van der Waals surface area contributed by atoms with Crippen molar-refractivity contribution in [3.05, 3.63) is 47.5 Å². The number of aliphatic hydroxyl groups excluding tert-OH is 5. The second-order valence-electron chi connectivity index (χ2n) is 8.25. The Hall–Kier alpha value is -2.60. The fourth-order valence-electron chi connectivity index (χ4n) is 4.68. The molecule has 0 aromatic heterocycles. The SMILES string of the molecule is COc1cccc(C2([C@@H]3O[C@H](CO)[C@@H](O)[C@H](O)[C@H]3O)CC(O)c3c(OC)cc(O)cc3O2)c1. The van der Waals surface area contributed by atoms with Gasteiger partial charge in [-0.3, -0.25) is 0 Å². The number of aromatic hydroxyl groups is 1. The number of phenols is 1. The molecule has 2 aliphatic heterocycles. The Morgan fingerprint density at radius 2 is 1.76 bits per heavy atom. The van der Waals surface area contributed by atoms with Gasteiger partial charge >= 0.3 is 0 Å². The van der Waals surface area contributed by atoms with E-state index in [1.165, 1.54) is 26.4 Å². The maximum Gasteiger partial charge on any atom is 0.166 e. The molecule has 0 amide bonds. The summed E-state index contributed by atoms with van der Waals surface area (Å²) in [6.45, 7) is -0.622. The van der Waals surface area contributed by atoms with Crippen LogP contribution in [0.15, 0.2) is 36.4 Å². The summed E-state index contributed by atoms with van der Waals surface area (Å²) >= 11 is 0. The Morgan fingerprint density at radius 3 is 2.42 bits per heavy atom. The van der Waals surface area contributed by atoms with Gasteiger partial charge in [-0.05, 0) is 12.1 Å². The van der Waals surface area contributed by atoms with Crippen molar-refractivity contribution >= 4 is 0 Å². The predicted molar refractivity (Wildman–Crippen MR) is 113 cm³/mol. The predicted octanol–water partition coefficient (Wildman–Crippen LogP) is -0.0368. The van der Waals surface area contributed by atoms with Crippen LogP contribution in [0.5, 0.6) is 23.0 Å². The third kappa shape index (κ3) is 3.88. The number of hydrogen-bond acceptors (Lipinski definition) is 10. The Morgan fingerprint density at radius 1 is 1.00 bits per heavy atom. The summed E-state index contributed by atoms with van der Waals surface area (Å²) in [6.07, 6.45) is -8.67. The van der Waals surface area contributed by atoms with Gasteiger partial charge in [0.25, 0.3) is 0 Å². The topological polar surface area (TPSA) is 158 Å².